The van der Waals surface area contributed by atoms with Gasteiger partial charge in [-0.2, -0.15) is 0 Å². The van der Waals surface area contributed by atoms with E-state index in [1.165, 1.54) is 36.0 Å². The number of aromatic hydroxyl groups is 1. The first kappa shape index (κ1) is 26.8. The van der Waals surface area contributed by atoms with Crippen LogP contribution in [0.15, 0.2) is 60.7 Å². The van der Waals surface area contributed by atoms with Gasteiger partial charge in [0.05, 0.1) is 6.04 Å². The van der Waals surface area contributed by atoms with Crippen LogP contribution < -0.4 is 4.74 Å². The van der Waals surface area contributed by atoms with Crippen LogP contribution in [0.4, 0.5) is 0 Å². The Kier molecular flexibility index (Phi) is 7.86. The van der Waals surface area contributed by atoms with Gasteiger partial charge in [-0.3, -0.25) is 4.90 Å². The third-order valence-electron chi connectivity index (χ3n) is 9.55. The standard InChI is InChI=1S/C35H45NO2/c1-24(23-35(5)20-18-31-27(4)33(37)25(2)26(3)34(31)38-35)28-17-12-21-36(22-19-28)32(29-13-8-6-9-14-29)30-15-10-7-11-16-30/h6-11,13-16,24,28,32,37H,12,17-23H2,1-5H3/t24-,28?,35?/m0/s1. The van der Waals surface area contributed by atoms with E-state index in [0.717, 1.165) is 54.8 Å². The predicted molar refractivity (Wildman–Crippen MR) is 157 cm³/mol. The second kappa shape index (κ2) is 11.1. The zero-order chi connectivity index (χ0) is 26.9. The Morgan fingerprint density at radius 2 is 1.53 bits per heavy atom. The molecule has 1 fully saturated rings. The van der Waals surface area contributed by atoms with Crippen LogP contribution in [0, 0.1) is 32.6 Å². The summed E-state index contributed by atoms with van der Waals surface area (Å²) in [5.74, 6) is 2.78. The number of nitrogens with zero attached hydrogens (tertiary/aromatic N) is 1. The summed E-state index contributed by atoms with van der Waals surface area (Å²) < 4.78 is 6.81. The third kappa shape index (κ3) is 5.36. The number of benzene rings is 3. The summed E-state index contributed by atoms with van der Waals surface area (Å²) in [4.78, 5) is 2.72. The lowest BCUT2D eigenvalue weighted by atomic mass is 9.77. The van der Waals surface area contributed by atoms with Gasteiger partial charge in [0.1, 0.15) is 17.1 Å². The lowest BCUT2D eigenvalue weighted by Gasteiger charge is -2.40. The van der Waals surface area contributed by atoms with Crippen molar-refractivity contribution in [2.24, 2.45) is 11.8 Å². The summed E-state index contributed by atoms with van der Waals surface area (Å²) in [6.07, 6.45) is 6.82. The Balaban J connectivity index is 1.29. The molecule has 2 aliphatic heterocycles. The fourth-order valence-electron chi connectivity index (χ4n) is 7.14. The van der Waals surface area contributed by atoms with Crippen LogP contribution >= 0.6 is 0 Å². The summed E-state index contributed by atoms with van der Waals surface area (Å²) in [5, 5.41) is 10.6. The van der Waals surface area contributed by atoms with Crippen LogP contribution in [0.5, 0.6) is 11.5 Å². The Morgan fingerprint density at radius 3 is 2.16 bits per heavy atom. The largest absolute Gasteiger partial charge is 0.507 e. The highest BCUT2D eigenvalue weighted by atomic mass is 16.5. The average Bonchev–Trinajstić information content (AvgIpc) is 3.18. The van der Waals surface area contributed by atoms with Crippen LogP contribution in [0.3, 0.4) is 0 Å². The SMILES string of the molecule is Cc1c(C)c2c(c(C)c1O)CCC(C)(C[C@H](C)C1CCCN(C(c3ccccc3)c3ccccc3)CC1)O2. The molecule has 0 aromatic heterocycles. The summed E-state index contributed by atoms with van der Waals surface area (Å²) in [6.45, 7) is 13.2. The highest BCUT2D eigenvalue weighted by Crippen LogP contribution is 2.46. The van der Waals surface area contributed by atoms with Gasteiger partial charge < -0.3 is 9.84 Å². The van der Waals surface area contributed by atoms with Crippen molar-refractivity contribution in [1.82, 2.24) is 4.90 Å². The number of fused-ring (bicyclic) bond motifs is 1. The zero-order valence-electron chi connectivity index (χ0n) is 24.0. The Morgan fingerprint density at radius 1 is 0.895 bits per heavy atom. The minimum Gasteiger partial charge on any atom is -0.507 e. The minimum absolute atomic E-state index is 0.157. The van der Waals surface area contributed by atoms with E-state index in [0.29, 0.717) is 23.6 Å². The maximum absolute atomic E-state index is 10.6. The molecule has 2 aliphatic rings. The molecule has 0 bridgehead atoms. The summed E-state index contributed by atoms with van der Waals surface area (Å²) in [6, 6.07) is 22.4. The molecular weight excluding hydrogens is 466 g/mol. The van der Waals surface area contributed by atoms with Crippen molar-refractivity contribution >= 4 is 0 Å². The predicted octanol–water partition coefficient (Wildman–Crippen LogP) is 8.32. The number of phenolic OH excluding ortho intramolecular Hbond substituents is 1. The molecule has 3 nitrogen and oxygen atoms in total. The molecular formula is C35H45NO2. The molecule has 202 valence electrons. The van der Waals surface area contributed by atoms with Crippen LogP contribution in [-0.4, -0.2) is 28.7 Å². The molecule has 3 heteroatoms. The molecule has 3 aromatic rings. The maximum Gasteiger partial charge on any atom is 0.127 e. The van der Waals surface area contributed by atoms with Crippen LogP contribution in [0.2, 0.25) is 0 Å². The van der Waals surface area contributed by atoms with E-state index in [1.54, 1.807) is 0 Å². The molecule has 1 saturated heterocycles. The van der Waals surface area contributed by atoms with Gasteiger partial charge in [-0.05, 0) is 119 Å². The first-order valence-electron chi connectivity index (χ1n) is 14.6. The second-order valence-electron chi connectivity index (χ2n) is 12.2. The van der Waals surface area contributed by atoms with Crippen molar-refractivity contribution in [3.05, 3.63) is 94.0 Å². The van der Waals surface area contributed by atoms with Crippen LogP contribution in [-0.2, 0) is 6.42 Å². The van der Waals surface area contributed by atoms with Crippen molar-refractivity contribution in [3.8, 4) is 11.5 Å². The summed E-state index contributed by atoms with van der Waals surface area (Å²) in [7, 11) is 0. The smallest absolute Gasteiger partial charge is 0.127 e. The summed E-state index contributed by atoms with van der Waals surface area (Å²) in [5.41, 5.74) is 6.86. The lowest BCUT2D eigenvalue weighted by Crippen LogP contribution is -2.40. The first-order valence-corrected chi connectivity index (χ1v) is 14.6. The number of likely N-dealkylation sites (tertiary alicyclic amines) is 1. The molecule has 2 unspecified atom stereocenters. The van der Waals surface area contributed by atoms with Gasteiger partial charge in [-0.1, -0.05) is 67.6 Å². The zero-order valence-corrected chi connectivity index (χ0v) is 24.0. The molecule has 0 radical (unpaired) electrons. The fourth-order valence-corrected chi connectivity index (χ4v) is 7.14. The van der Waals surface area contributed by atoms with Gasteiger partial charge in [0.2, 0.25) is 0 Å². The van der Waals surface area contributed by atoms with E-state index in [4.69, 9.17) is 4.74 Å². The van der Waals surface area contributed by atoms with Gasteiger partial charge >= 0.3 is 0 Å². The van der Waals surface area contributed by atoms with Crippen molar-refractivity contribution in [2.45, 2.75) is 84.8 Å². The van der Waals surface area contributed by atoms with Crippen molar-refractivity contribution in [1.29, 1.82) is 0 Å². The van der Waals surface area contributed by atoms with E-state index in [2.05, 4.69) is 86.3 Å². The molecule has 3 aromatic carbocycles. The number of ether oxygens (including phenoxy) is 1. The van der Waals surface area contributed by atoms with E-state index in [1.807, 2.05) is 13.8 Å². The number of phenols is 1. The van der Waals surface area contributed by atoms with Crippen molar-refractivity contribution in [2.75, 3.05) is 13.1 Å². The van der Waals surface area contributed by atoms with E-state index in [-0.39, 0.29) is 5.60 Å². The minimum atomic E-state index is -0.157. The van der Waals surface area contributed by atoms with Crippen molar-refractivity contribution in [3.63, 3.8) is 0 Å². The number of hydrogen-bond donors (Lipinski definition) is 1. The third-order valence-corrected chi connectivity index (χ3v) is 9.55. The van der Waals surface area contributed by atoms with Crippen molar-refractivity contribution < 1.29 is 9.84 Å². The molecule has 0 amide bonds. The molecule has 5 rings (SSSR count). The average molecular weight is 512 g/mol. The molecule has 3 atom stereocenters. The topological polar surface area (TPSA) is 32.7 Å². The van der Waals surface area contributed by atoms with Crippen LogP contribution in [0.1, 0.15) is 85.4 Å². The molecule has 0 spiro atoms. The molecule has 0 saturated carbocycles. The number of hydrogen-bond acceptors (Lipinski definition) is 3. The van der Waals surface area contributed by atoms with Gasteiger partial charge in [-0.25, -0.2) is 0 Å². The normalized spacial score (nSPS) is 22.9. The van der Waals surface area contributed by atoms with E-state index < -0.39 is 0 Å². The fraction of sp³-hybridized carbons (Fsp3) is 0.486. The van der Waals surface area contributed by atoms with E-state index >= 15 is 0 Å². The lowest BCUT2D eigenvalue weighted by molar-refractivity contribution is 0.0298. The number of rotatable bonds is 6. The van der Waals surface area contributed by atoms with Gasteiger partial charge in [-0.15, -0.1) is 0 Å². The Hall–Kier alpha value is -2.78. The quantitative estimate of drug-likeness (QED) is 0.361. The molecule has 38 heavy (non-hydrogen) atoms. The van der Waals surface area contributed by atoms with Gasteiger partial charge in [0, 0.05) is 5.56 Å². The monoisotopic (exact) mass is 511 g/mol. The van der Waals surface area contributed by atoms with E-state index in [9.17, 15) is 5.11 Å². The Labute approximate surface area is 229 Å². The van der Waals surface area contributed by atoms with Crippen LogP contribution in [0.25, 0.3) is 0 Å². The molecule has 1 N–H and O–H groups in total. The highest BCUT2D eigenvalue weighted by molar-refractivity contribution is 5.58. The maximum atomic E-state index is 10.6. The highest BCUT2D eigenvalue weighted by Gasteiger charge is 2.38. The first-order chi connectivity index (χ1) is 18.3. The van der Waals surface area contributed by atoms with Gasteiger partial charge in [0.25, 0.3) is 0 Å². The van der Waals surface area contributed by atoms with Gasteiger partial charge in [0.15, 0.2) is 0 Å². The second-order valence-corrected chi connectivity index (χ2v) is 12.2. The Bertz CT molecular complexity index is 1200. The summed E-state index contributed by atoms with van der Waals surface area (Å²) >= 11 is 0. The molecule has 0 aliphatic carbocycles. The molecule has 2 heterocycles.